The van der Waals surface area contributed by atoms with Crippen LogP contribution in [0.15, 0.2) is 6.07 Å². The lowest BCUT2D eigenvalue weighted by Crippen LogP contribution is -2.30. The fourth-order valence-electron chi connectivity index (χ4n) is 3.66. The quantitative estimate of drug-likeness (QED) is 0.771. The first-order valence-electron chi connectivity index (χ1n) is 9.72. The molecule has 4 nitrogen and oxygen atoms in total. The van der Waals surface area contributed by atoms with Crippen LogP contribution < -0.4 is 10.2 Å². The Balaban J connectivity index is 2.05. The Morgan fingerprint density at radius 3 is 2.46 bits per heavy atom. The Bertz CT molecular complexity index is 501. The monoisotopic (exact) mass is 332 g/mol. The number of aryl methyl sites for hydroxylation is 1. The lowest BCUT2D eigenvalue weighted by atomic mass is 9.81. The third-order valence-corrected chi connectivity index (χ3v) is 4.95. The molecule has 1 aliphatic heterocycles. The van der Waals surface area contributed by atoms with Crippen molar-refractivity contribution in [3.63, 3.8) is 0 Å². The summed E-state index contributed by atoms with van der Waals surface area (Å²) in [6.07, 6.45) is 8.56. The molecule has 1 aromatic rings. The minimum Gasteiger partial charge on any atom is -0.373 e. The van der Waals surface area contributed by atoms with Crippen LogP contribution in [0.1, 0.15) is 72.0 Å². The highest BCUT2D eigenvalue weighted by atomic mass is 15.2. The summed E-state index contributed by atoms with van der Waals surface area (Å²) in [6, 6.07) is 2.10. The molecule has 2 rings (SSSR count). The fourth-order valence-corrected chi connectivity index (χ4v) is 3.66. The van der Waals surface area contributed by atoms with Gasteiger partial charge in [0.15, 0.2) is 0 Å². The molecule has 1 atom stereocenters. The van der Waals surface area contributed by atoms with Crippen molar-refractivity contribution in [2.45, 2.75) is 72.6 Å². The van der Waals surface area contributed by atoms with Gasteiger partial charge in [-0.2, -0.15) is 0 Å². The van der Waals surface area contributed by atoms with Gasteiger partial charge in [-0.25, -0.2) is 9.97 Å². The van der Waals surface area contributed by atoms with Gasteiger partial charge in [0.25, 0.3) is 0 Å². The smallest absolute Gasteiger partial charge is 0.134 e. The third kappa shape index (κ3) is 5.95. The number of piperidine rings is 1. The molecule has 0 aromatic carbocycles. The molecule has 1 unspecified atom stereocenters. The number of rotatable bonds is 7. The van der Waals surface area contributed by atoms with Gasteiger partial charge in [0.1, 0.15) is 17.5 Å². The van der Waals surface area contributed by atoms with E-state index in [0.717, 1.165) is 42.9 Å². The minimum atomic E-state index is 0.396. The van der Waals surface area contributed by atoms with Gasteiger partial charge in [-0.15, -0.1) is 0 Å². The van der Waals surface area contributed by atoms with Crippen molar-refractivity contribution in [1.82, 2.24) is 9.97 Å². The number of nitrogens with zero attached hydrogens (tertiary/aromatic N) is 3. The van der Waals surface area contributed by atoms with Crippen LogP contribution in [0.4, 0.5) is 11.6 Å². The predicted molar refractivity (Wildman–Crippen MR) is 104 cm³/mol. The molecule has 1 aromatic heterocycles. The number of aromatic nitrogens is 2. The average Bonchev–Trinajstić information content (AvgIpc) is 2.58. The molecule has 2 heterocycles. The number of anilines is 2. The lowest BCUT2D eigenvalue weighted by molar-refractivity contribution is 0.275. The summed E-state index contributed by atoms with van der Waals surface area (Å²) in [5.74, 6) is 3.80. The maximum Gasteiger partial charge on any atom is 0.134 e. The first-order chi connectivity index (χ1) is 11.4. The van der Waals surface area contributed by atoms with E-state index in [1.54, 1.807) is 0 Å². The van der Waals surface area contributed by atoms with E-state index in [1.165, 1.54) is 38.5 Å². The minimum absolute atomic E-state index is 0.396. The molecular formula is C20H36N4. The molecule has 0 amide bonds. The first-order valence-corrected chi connectivity index (χ1v) is 9.72. The standard InChI is InChI=1S/C20H36N4/c1-6-16(15-20(2,3)4)10-11-17-22-18(21-5)14-19(23-17)24-12-8-7-9-13-24/h14,16H,6-13,15H2,1-5H3,(H,21,22,23). The van der Waals surface area contributed by atoms with E-state index >= 15 is 0 Å². The van der Waals surface area contributed by atoms with E-state index in [2.05, 4.69) is 44.0 Å². The summed E-state index contributed by atoms with van der Waals surface area (Å²) in [5.41, 5.74) is 0.396. The van der Waals surface area contributed by atoms with Crippen LogP contribution in [0.2, 0.25) is 0 Å². The van der Waals surface area contributed by atoms with Gasteiger partial charge < -0.3 is 10.2 Å². The van der Waals surface area contributed by atoms with Gasteiger partial charge >= 0.3 is 0 Å². The molecule has 0 aliphatic carbocycles. The van der Waals surface area contributed by atoms with Crippen LogP contribution in [0, 0.1) is 11.3 Å². The topological polar surface area (TPSA) is 41.1 Å². The highest BCUT2D eigenvalue weighted by Crippen LogP contribution is 2.29. The summed E-state index contributed by atoms with van der Waals surface area (Å²) in [5, 5.41) is 3.21. The van der Waals surface area contributed by atoms with Crippen LogP contribution >= 0.6 is 0 Å². The average molecular weight is 333 g/mol. The molecule has 1 saturated heterocycles. The van der Waals surface area contributed by atoms with E-state index in [4.69, 9.17) is 9.97 Å². The highest BCUT2D eigenvalue weighted by molar-refractivity contribution is 5.49. The molecule has 136 valence electrons. The van der Waals surface area contributed by atoms with Crippen LogP contribution in [0.3, 0.4) is 0 Å². The summed E-state index contributed by atoms with van der Waals surface area (Å²) >= 11 is 0. The van der Waals surface area contributed by atoms with Gasteiger partial charge in [-0.05, 0) is 43.4 Å². The Labute approximate surface area is 148 Å². The van der Waals surface area contributed by atoms with Crippen LogP contribution in [0.25, 0.3) is 0 Å². The van der Waals surface area contributed by atoms with E-state index in [1.807, 2.05) is 7.05 Å². The summed E-state index contributed by atoms with van der Waals surface area (Å²) in [6.45, 7) is 11.6. The SMILES string of the molecule is CCC(CCc1nc(NC)cc(N2CCCCC2)n1)CC(C)(C)C. The van der Waals surface area contributed by atoms with Crippen molar-refractivity contribution in [2.75, 3.05) is 30.4 Å². The van der Waals surface area contributed by atoms with Gasteiger partial charge in [-0.3, -0.25) is 0 Å². The zero-order valence-electron chi connectivity index (χ0n) is 16.4. The Hall–Kier alpha value is -1.32. The van der Waals surface area contributed by atoms with Gasteiger partial charge in [0.2, 0.25) is 0 Å². The Morgan fingerprint density at radius 1 is 1.17 bits per heavy atom. The Kier molecular flexibility index (Phi) is 6.88. The molecule has 1 N–H and O–H groups in total. The maximum absolute atomic E-state index is 4.88. The fraction of sp³-hybridized carbons (Fsp3) is 0.800. The number of hydrogen-bond acceptors (Lipinski definition) is 4. The zero-order chi connectivity index (χ0) is 17.6. The molecule has 1 aliphatic rings. The van der Waals surface area contributed by atoms with Crippen molar-refractivity contribution >= 4 is 11.6 Å². The molecule has 0 bridgehead atoms. The molecule has 0 radical (unpaired) electrons. The molecular weight excluding hydrogens is 296 g/mol. The van der Waals surface area contributed by atoms with Crippen LogP contribution in [-0.2, 0) is 6.42 Å². The van der Waals surface area contributed by atoms with Gasteiger partial charge in [0.05, 0.1) is 0 Å². The number of nitrogens with one attached hydrogen (secondary N) is 1. The van der Waals surface area contributed by atoms with Crippen molar-refractivity contribution < 1.29 is 0 Å². The van der Waals surface area contributed by atoms with Crippen molar-refractivity contribution in [3.05, 3.63) is 11.9 Å². The maximum atomic E-state index is 4.88. The first kappa shape index (κ1) is 19.0. The van der Waals surface area contributed by atoms with E-state index in [0.29, 0.717) is 5.41 Å². The van der Waals surface area contributed by atoms with Crippen LogP contribution in [-0.4, -0.2) is 30.1 Å². The summed E-state index contributed by atoms with van der Waals surface area (Å²) < 4.78 is 0. The second-order valence-electron chi connectivity index (χ2n) is 8.40. The summed E-state index contributed by atoms with van der Waals surface area (Å²) in [4.78, 5) is 12.0. The van der Waals surface area contributed by atoms with Crippen molar-refractivity contribution in [3.8, 4) is 0 Å². The number of hydrogen-bond donors (Lipinski definition) is 1. The van der Waals surface area contributed by atoms with Gasteiger partial charge in [0, 0.05) is 32.6 Å². The molecule has 0 spiro atoms. The largest absolute Gasteiger partial charge is 0.373 e. The normalized spacial score (nSPS) is 17.0. The second-order valence-corrected chi connectivity index (χ2v) is 8.40. The zero-order valence-corrected chi connectivity index (χ0v) is 16.4. The van der Waals surface area contributed by atoms with Crippen molar-refractivity contribution in [1.29, 1.82) is 0 Å². The van der Waals surface area contributed by atoms with Crippen LogP contribution in [0.5, 0.6) is 0 Å². The lowest BCUT2D eigenvalue weighted by Gasteiger charge is -2.28. The van der Waals surface area contributed by atoms with Crippen molar-refractivity contribution in [2.24, 2.45) is 11.3 Å². The molecule has 0 saturated carbocycles. The highest BCUT2D eigenvalue weighted by Gasteiger charge is 2.19. The Morgan fingerprint density at radius 2 is 1.88 bits per heavy atom. The molecule has 24 heavy (non-hydrogen) atoms. The summed E-state index contributed by atoms with van der Waals surface area (Å²) in [7, 11) is 1.94. The predicted octanol–water partition coefficient (Wildman–Crippen LogP) is 4.90. The molecule has 4 heteroatoms. The van der Waals surface area contributed by atoms with E-state index in [9.17, 15) is 0 Å². The molecule has 1 fully saturated rings. The van der Waals surface area contributed by atoms with Gasteiger partial charge in [-0.1, -0.05) is 34.1 Å². The second kappa shape index (κ2) is 8.68. The van der Waals surface area contributed by atoms with E-state index < -0.39 is 0 Å². The van der Waals surface area contributed by atoms with E-state index in [-0.39, 0.29) is 0 Å². The third-order valence-electron chi connectivity index (χ3n) is 4.95.